The van der Waals surface area contributed by atoms with Gasteiger partial charge in [-0.2, -0.15) is 0 Å². The number of hydrogen-bond donors (Lipinski definition) is 3. The van der Waals surface area contributed by atoms with E-state index in [2.05, 4.69) is 88.8 Å². The van der Waals surface area contributed by atoms with E-state index in [0.717, 1.165) is 56.5 Å². The zero-order valence-corrected chi connectivity index (χ0v) is 27.3. The molecule has 7 heteroatoms. The zero-order valence-electron chi connectivity index (χ0n) is 27.3. The van der Waals surface area contributed by atoms with Gasteiger partial charge < -0.3 is 20.5 Å². The molecule has 0 saturated carbocycles. The van der Waals surface area contributed by atoms with Gasteiger partial charge in [0.2, 0.25) is 0 Å². The maximum absolute atomic E-state index is 12.2. The number of hydrogen-bond acceptors (Lipinski definition) is 7. The van der Waals surface area contributed by atoms with Crippen LogP contribution in [0.1, 0.15) is 54.4 Å². The van der Waals surface area contributed by atoms with Crippen molar-refractivity contribution in [3.8, 4) is 0 Å². The highest BCUT2D eigenvalue weighted by Gasteiger charge is 2.48. The summed E-state index contributed by atoms with van der Waals surface area (Å²) in [6.07, 6.45) is 15.5. The first-order valence-electron chi connectivity index (χ1n) is 15.6. The number of aliphatic imine (C=N–C) groups is 2. The van der Waals surface area contributed by atoms with E-state index in [-0.39, 0.29) is 41.4 Å². The Kier molecular flexibility index (Phi) is 7.46. The van der Waals surface area contributed by atoms with Crippen molar-refractivity contribution in [3.63, 3.8) is 0 Å². The van der Waals surface area contributed by atoms with E-state index in [0.29, 0.717) is 17.7 Å². The van der Waals surface area contributed by atoms with Crippen molar-refractivity contribution >= 4 is 17.4 Å². The van der Waals surface area contributed by atoms with Crippen molar-refractivity contribution in [2.45, 2.75) is 60.4 Å². The molecule has 6 aliphatic rings. The number of esters is 1. The highest BCUT2D eigenvalue weighted by Crippen LogP contribution is 2.54. The second-order valence-corrected chi connectivity index (χ2v) is 12.9. The van der Waals surface area contributed by atoms with Crippen LogP contribution in [0.2, 0.25) is 0 Å². The summed E-state index contributed by atoms with van der Waals surface area (Å²) in [5.41, 5.74) is 12.9. The van der Waals surface area contributed by atoms with Gasteiger partial charge in [-0.15, -0.1) is 0 Å². The lowest BCUT2D eigenvalue weighted by Crippen LogP contribution is -2.30. The Morgan fingerprint density at radius 3 is 2.49 bits per heavy atom. The molecule has 0 aromatic rings. The van der Waals surface area contributed by atoms with Crippen molar-refractivity contribution in [2.75, 3.05) is 7.11 Å². The summed E-state index contributed by atoms with van der Waals surface area (Å²) in [4.78, 5) is 22.4. The van der Waals surface area contributed by atoms with Gasteiger partial charge in [-0.05, 0) is 86.6 Å². The van der Waals surface area contributed by atoms with Crippen LogP contribution in [-0.4, -0.2) is 35.7 Å². The lowest BCUT2D eigenvalue weighted by atomic mass is 9.66. The molecular formula is C38H42N4O3. The van der Waals surface area contributed by atoms with Crippen LogP contribution < -0.4 is 10.6 Å². The molecule has 8 bridgehead atoms. The van der Waals surface area contributed by atoms with Crippen LogP contribution in [0, 0.1) is 17.3 Å². The summed E-state index contributed by atoms with van der Waals surface area (Å²) in [6.45, 7) is 21.0. The molecule has 7 nitrogen and oxygen atoms in total. The molecule has 2 unspecified atom stereocenters. The number of allylic oxidation sites excluding steroid dienone is 11. The average Bonchev–Trinajstić information content (AvgIpc) is 3.66. The second-order valence-electron chi connectivity index (χ2n) is 12.9. The summed E-state index contributed by atoms with van der Waals surface area (Å²) in [6, 6.07) is -0.0870. The zero-order chi connectivity index (χ0) is 32.4. The Morgan fingerprint density at radius 1 is 1.09 bits per heavy atom. The lowest BCUT2D eigenvalue weighted by Gasteiger charge is -2.36. The van der Waals surface area contributed by atoms with Gasteiger partial charge in [-0.1, -0.05) is 50.8 Å². The number of carbonyl (C=O) groups is 1. The number of aliphatic hydroxyl groups is 1. The van der Waals surface area contributed by atoms with Crippen LogP contribution in [0.4, 0.5) is 0 Å². The molecule has 0 aromatic heterocycles. The number of fused-ring (bicyclic) bond motifs is 9. The van der Waals surface area contributed by atoms with E-state index >= 15 is 0 Å². The monoisotopic (exact) mass is 602 g/mol. The van der Waals surface area contributed by atoms with E-state index in [9.17, 15) is 9.90 Å². The van der Waals surface area contributed by atoms with Crippen molar-refractivity contribution in [1.29, 1.82) is 0 Å². The van der Waals surface area contributed by atoms with E-state index < -0.39 is 0 Å². The van der Waals surface area contributed by atoms with Gasteiger partial charge in [0.1, 0.15) is 5.76 Å². The third kappa shape index (κ3) is 4.76. The number of nitrogens with zero attached hydrogens (tertiary/aromatic N) is 2. The Hall–Kier alpha value is -4.65. The Bertz CT molecular complexity index is 1810. The van der Waals surface area contributed by atoms with E-state index in [1.165, 1.54) is 18.3 Å². The van der Waals surface area contributed by atoms with Crippen molar-refractivity contribution in [1.82, 2.24) is 10.6 Å². The molecule has 1 aliphatic carbocycles. The number of aliphatic hydroxyl groups excluding tert-OH is 1. The van der Waals surface area contributed by atoms with Crippen molar-refractivity contribution < 1.29 is 14.6 Å². The van der Waals surface area contributed by atoms with Gasteiger partial charge in [-0.25, -0.2) is 9.98 Å². The normalized spacial score (nSPS) is 33.2. The van der Waals surface area contributed by atoms with Gasteiger partial charge in [-0.3, -0.25) is 4.79 Å². The van der Waals surface area contributed by atoms with Crippen molar-refractivity contribution in [2.24, 2.45) is 27.2 Å². The number of nitrogens with one attached hydrogen (secondary N) is 2. The fourth-order valence-corrected chi connectivity index (χ4v) is 7.40. The molecule has 0 amide bonds. The largest absolute Gasteiger partial charge is 0.508 e. The van der Waals surface area contributed by atoms with E-state index in [4.69, 9.17) is 14.7 Å². The predicted octanol–water partition coefficient (Wildman–Crippen LogP) is 7.28. The molecule has 232 valence electrons. The summed E-state index contributed by atoms with van der Waals surface area (Å²) in [7, 11) is 1.41. The molecule has 0 radical (unpaired) electrons. The number of ether oxygens (including phenoxy) is 1. The fourth-order valence-electron chi connectivity index (χ4n) is 7.40. The molecule has 5 heterocycles. The number of methoxy groups -OCH3 is 1. The standard InChI is InChI=1S/C38H42N4O3/c1-10-25-20(3)29-16-33-27-13-11-19(2)23(6)38(27,8)35(42-33)18-30-22(5)37(24(7)43)34(41-30)17-32-26(12-14-36(44)45-9)21(4)28(40-32)15-31(25)39-29/h10-11,13,15-18,21,23,28,40,42-43H,1,7,12,14H2,2-6,8-9H3/b31-15-,33-16-,34-17-,35-18-/t21?,23-,28?,38-/m1/s1. The quantitative estimate of drug-likeness (QED) is 0.227. The topological polar surface area (TPSA) is 95.3 Å². The molecular weight excluding hydrogens is 560 g/mol. The van der Waals surface area contributed by atoms with Crippen LogP contribution in [0.25, 0.3) is 0 Å². The van der Waals surface area contributed by atoms with Gasteiger partial charge >= 0.3 is 5.97 Å². The minimum absolute atomic E-state index is 0.0319. The highest BCUT2D eigenvalue weighted by molar-refractivity contribution is 6.14. The smallest absolute Gasteiger partial charge is 0.305 e. The van der Waals surface area contributed by atoms with Crippen LogP contribution in [0.5, 0.6) is 0 Å². The average molecular weight is 603 g/mol. The van der Waals surface area contributed by atoms with E-state index in [1.807, 2.05) is 19.1 Å². The molecule has 6 rings (SSSR count). The Labute approximate surface area is 266 Å². The Morgan fingerprint density at radius 2 is 1.80 bits per heavy atom. The second kappa shape index (κ2) is 11.1. The molecule has 1 fully saturated rings. The molecule has 4 atom stereocenters. The maximum Gasteiger partial charge on any atom is 0.305 e. The minimum atomic E-state index is -0.319. The minimum Gasteiger partial charge on any atom is -0.508 e. The summed E-state index contributed by atoms with van der Waals surface area (Å²) in [5, 5.41) is 18.3. The third-order valence-electron chi connectivity index (χ3n) is 10.6. The molecule has 1 saturated heterocycles. The van der Waals surface area contributed by atoms with Crippen LogP contribution in [0.15, 0.2) is 139 Å². The summed E-state index contributed by atoms with van der Waals surface area (Å²) < 4.78 is 4.96. The first-order valence-corrected chi connectivity index (χ1v) is 15.6. The van der Waals surface area contributed by atoms with Gasteiger partial charge in [0, 0.05) is 46.0 Å². The SMILES string of the molecule is C=CC1=C(C)C2=NC/1=C\C1NC(=C(CCC(=O)OC)C1C)/C=C1N=C(/C=C3\N/C(=C\2)C2=CC=C(C)[C@@H](C)[C@]23C)C(C)=C\1C(=C)O. The van der Waals surface area contributed by atoms with Crippen LogP contribution >= 0.6 is 0 Å². The predicted molar refractivity (Wildman–Crippen MR) is 181 cm³/mol. The summed E-state index contributed by atoms with van der Waals surface area (Å²) in [5.74, 6) is 0.0133. The molecule has 0 aromatic carbocycles. The van der Waals surface area contributed by atoms with Crippen LogP contribution in [-0.2, 0) is 9.53 Å². The van der Waals surface area contributed by atoms with Gasteiger partial charge in [0.25, 0.3) is 0 Å². The fraction of sp³-hybridized carbons (Fsp3) is 0.342. The number of carbonyl (C=O) groups excluding carboxylic acids is 1. The number of rotatable bonds is 5. The lowest BCUT2D eigenvalue weighted by molar-refractivity contribution is -0.140. The molecule has 3 N–H and O–H groups in total. The summed E-state index contributed by atoms with van der Waals surface area (Å²) >= 11 is 0. The molecule has 45 heavy (non-hydrogen) atoms. The van der Waals surface area contributed by atoms with Gasteiger partial charge in [0.05, 0.1) is 36.0 Å². The molecule has 0 spiro atoms. The first-order chi connectivity index (χ1) is 21.4. The highest BCUT2D eigenvalue weighted by atomic mass is 16.5. The third-order valence-corrected chi connectivity index (χ3v) is 10.6. The van der Waals surface area contributed by atoms with Gasteiger partial charge in [0.15, 0.2) is 0 Å². The van der Waals surface area contributed by atoms with E-state index in [1.54, 1.807) is 0 Å². The maximum atomic E-state index is 12.2. The molecule has 5 aliphatic heterocycles. The Balaban J connectivity index is 1.61. The van der Waals surface area contributed by atoms with Crippen molar-refractivity contribution in [3.05, 3.63) is 129 Å². The van der Waals surface area contributed by atoms with Crippen LogP contribution in [0.3, 0.4) is 0 Å². The first kappa shape index (κ1) is 30.4.